The van der Waals surface area contributed by atoms with Gasteiger partial charge in [0.1, 0.15) is 17.5 Å². The first kappa shape index (κ1) is 13.1. The zero-order valence-electron chi connectivity index (χ0n) is 9.10. The van der Waals surface area contributed by atoms with Gasteiger partial charge in [-0.2, -0.15) is 10.5 Å². The van der Waals surface area contributed by atoms with E-state index in [1.54, 1.807) is 6.07 Å². The van der Waals surface area contributed by atoms with Crippen molar-refractivity contribution in [3.8, 4) is 12.1 Å². The SMILES string of the molecule is CC(C#N)(CCC#N)c1c(F)cc(F)cc1F. The molecule has 0 amide bonds. The van der Waals surface area contributed by atoms with E-state index in [2.05, 4.69) is 0 Å². The van der Waals surface area contributed by atoms with Gasteiger partial charge in [-0.05, 0) is 13.3 Å². The van der Waals surface area contributed by atoms with Crippen molar-refractivity contribution in [1.82, 2.24) is 0 Å². The van der Waals surface area contributed by atoms with Gasteiger partial charge in [0.2, 0.25) is 0 Å². The van der Waals surface area contributed by atoms with E-state index in [1.807, 2.05) is 6.07 Å². The molecule has 0 aliphatic heterocycles. The molecule has 0 saturated carbocycles. The van der Waals surface area contributed by atoms with Crippen molar-refractivity contribution in [3.05, 3.63) is 35.1 Å². The number of halogens is 3. The normalized spacial score (nSPS) is 13.5. The Bertz CT molecular complexity index is 490. The van der Waals surface area contributed by atoms with E-state index in [1.165, 1.54) is 6.92 Å². The van der Waals surface area contributed by atoms with Crippen LogP contribution in [0.25, 0.3) is 0 Å². The summed E-state index contributed by atoms with van der Waals surface area (Å²) in [4.78, 5) is 0. The van der Waals surface area contributed by atoms with Crippen molar-refractivity contribution in [2.75, 3.05) is 0 Å². The number of nitrogens with zero attached hydrogens (tertiary/aromatic N) is 2. The summed E-state index contributed by atoms with van der Waals surface area (Å²) < 4.78 is 39.8. The molecule has 0 fully saturated rings. The molecule has 0 aliphatic rings. The third kappa shape index (κ3) is 2.57. The summed E-state index contributed by atoms with van der Waals surface area (Å²) in [5, 5.41) is 17.4. The average Bonchev–Trinajstić information content (AvgIpc) is 2.25. The second-order valence-corrected chi connectivity index (χ2v) is 3.85. The predicted molar refractivity (Wildman–Crippen MR) is 54.1 cm³/mol. The third-order valence-electron chi connectivity index (χ3n) is 2.54. The maximum atomic E-state index is 13.5. The van der Waals surface area contributed by atoms with E-state index in [0.29, 0.717) is 12.1 Å². The van der Waals surface area contributed by atoms with E-state index in [0.717, 1.165) is 0 Å². The molecule has 0 bridgehead atoms. The summed E-state index contributed by atoms with van der Waals surface area (Å²) in [6.07, 6.45) is -0.0280. The van der Waals surface area contributed by atoms with Crippen LogP contribution in [0, 0.1) is 40.1 Å². The number of benzene rings is 1. The number of hydrogen-bond donors (Lipinski definition) is 0. The molecule has 0 N–H and O–H groups in total. The van der Waals surface area contributed by atoms with Gasteiger partial charge in [-0.1, -0.05) is 0 Å². The summed E-state index contributed by atoms with van der Waals surface area (Å²) in [7, 11) is 0. The summed E-state index contributed by atoms with van der Waals surface area (Å²) >= 11 is 0. The Hall–Kier alpha value is -2.01. The van der Waals surface area contributed by atoms with E-state index < -0.39 is 28.4 Å². The van der Waals surface area contributed by atoms with Crippen molar-refractivity contribution in [2.24, 2.45) is 0 Å². The molecular weight excluding hydrogens is 229 g/mol. The van der Waals surface area contributed by atoms with Crippen LogP contribution in [-0.4, -0.2) is 0 Å². The van der Waals surface area contributed by atoms with Gasteiger partial charge in [0.25, 0.3) is 0 Å². The third-order valence-corrected chi connectivity index (χ3v) is 2.54. The van der Waals surface area contributed by atoms with E-state index in [4.69, 9.17) is 10.5 Å². The lowest BCUT2D eigenvalue weighted by atomic mass is 9.79. The molecule has 1 unspecified atom stereocenters. The van der Waals surface area contributed by atoms with Crippen molar-refractivity contribution in [2.45, 2.75) is 25.2 Å². The minimum atomic E-state index is -1.47. The van der Waals surface area contributed by atoms with Crippen LogP contribution >= 0.6 is 0 Å². The molecular formula is C12H9F3N2. The van der Waals surface area contributed by atoms with Crippen LogP contribution in [0.1, 0.15) is 25.3 Å². The molecule has 5 heteroatoms. The molecule has 0 saturated heterocycles. The van der Waals surface area contributed by atoms with Crippen molar-refractivity contribution in [3.63, 3.8) is 0 Å². The summed E-state index contributed by atoms with van der Waals surface area (Å²) in [6.45, 7) is 1.32. The van der Waals surface area contributed by atoms with Gasteiger partial charge >= 0.3 is 0 Å². The first-order valence-electron chi connectivity index (χ1n) is 4.88. The summed E-state index contributed by atoms with van der Waals surface area (Å²) in [5.74, 6) is -3.25. The molecule has 1 aromatic carbocycles. The highest BCUT2D eigenvalue weighted by molar-refractivity contribution is 5.34. The second-order valence-electron chi connectivity index (χ2n) is 3.85. The Morgan fingerprint density at radius 3 is 2.12 bits per heavy atom. The van der Waals surface area contributed by atoms with Crippen LogP contribution in [-0.2, 0) is 5.41 Å². The molecule has 1 rings (SSSR count). The zero-order chi connectivity index (χ0) is 13.1. The van der Waals surface area contributed by atoms with Crippen molar-refractivity contribution in [1.29, 1.82) is 10.5 Å². The molecule has 88 valence electrons. The molecule has 17 heavy (non-hydrogen) atoms. The fraction of sp³-hybridized carbons (Fsp3) is 0.333. The second kappa shape index (κ2) is 4.88. The van der Waals surface area contributed by atoms with Gasteiger partial charge in [-0.3, -0.25) is 0 Å². The summed E-state index contributed by atoms with van der Waals surface area (Å²) in [5.41, 5.74) is -1.96. The topological polar surface area (TPSA) is 47.6 Å². The zero-order valence-corrected chi connectivity index (χ0v) is 9.10. The minimum absolute atomic E-state index is 0.0136. The molecule has 0 aliphatic carbocycles. The lowest BCUT2D eigenvalue weighted by Gasteiger charge is -2.21. The standard InChI is InChI=1S/C12H9F3N2/c1-12(7-17,3-2-4-16)11-9(14)5-8(13)6-10(11)15/h5-6H,2-3H2,1H3. The van der Waals surface area contributed by atoms with Gasteiger partial charge in [-0.15, -0.1) is 0 Å². The average molecular weight is 238 g/mol. The predicted octanol–water partition coefficient (Wildman–Crippen LogP) is 3.19. The smallest absolute Gasteiger partial charge is 0.133 e. The largest absolute Gasteiger partial charge is 0.207 e. The maximum absolute atomic E-state index is 13.5. The highest BCUT2D eigenvalue weighted by atomic mass is 19.1. The first-order chi connectivity index (χ1) is 7.94. The van der Waals surface area contributed by atoms with Crippen molar-refractivity contribution >= 4 is 0 Å². The van der Waals surface area contributed by atoms with E-state index >= 15 is 0 Å². The van der Waals surface area contributed by atoms with Crippen LogP contribution in [0.2, 0.25) is 0 Å². The van der Waals surface area contributed by atoms with Gasteiger partial charge in [-0.25, -0.2) is 13.2 Å². The van der Waals surface area contributed by atoms with Crippen LogP contribution in [0.15, 0.2) is 12.1 Å². The highest BCUT2D eigenvalue weighted by Gasteiger charge is 2.33. The van der Waals surface area contributed by atoms with Crippen molar-refractivity contribution < 1.29 is 13.2 Å². The Balaban J connectivity index is 3.32. The molecule has 1 atom stereocenters. The fourth-order valence-electron chi connectivity index (χ4n) is 1.61. The number of rotatable bonds is 3. The van der Waals surface area contributed by atoms with Gasteiger partial charge in [0, 0.05) is 24.1 Å². The molecule has 0 spiro atoms. The Morgan fingerprint density at radius 1 is 1.18 bits per heavy atom. The van der Waals surface area contributed by atoms with Crippen LogP contribution in [0.4, 0.5) is 13.2 Å². The fourth-order valence-corrected chi connectivity index (χ4v) is 1.61. The van der Waals surface area contributed by atoms with Gasteiger partial charge < -0.3 is 0 Å². The Morgan fingerprint density at radius 2 is 1.71 bits per heavy atom. The summed E-state index contributed by atoms with van der Waals surface area (Å²) in [6, 6.07) is 4.64. The molecule has 0 aromatic heterocycles. The Kier molecular flexibility index (Phi) is 3.75. The lowest BCUT2D eigenvalue weighted by molar-refractivity contribution is 0.458. The van der Waals surface area contributed by atoms with Crippen LogP contribution in [0.3, 0.4) is 0 Å². The molecule has 1 aromatic rings. The number of nitriles is 2. The minimum Gasteiger partial charge on any atom is -0.207 e. The van der Waals surface area contributed by atoms with Crippen LogP contribution < -0.4 is 0 Å². The van der Waals surface area contributed by atoms with Gasteiger partial charge in [0.15, 0.2) is 0 Å². The first-order valence-corrected chi connectivity index (χ1v) is 4.88. The lowest BCUT2D eigenvalue weighted by Crippen LogP contribution is -2.23. The monoisotopic (exact) mass is 238 g/mol. The molecule has 2 nitrogen and oxygen atoms in total. The van der Waals surface area contributed by atoms with Crippen LogP contribution in [0.5, 0.6) is 0 Å². The maximum Gasteiger partial charge on any atom is 0.133 e. The quantitative estimate of drug-likeness (QED) is 0.811. The molecule has 0 heterocycles. The molecule has 0 radical (unpaired) electrons. The van der Waals surface area contributed by atoms with E-state index in [9.17, 15) is 13.2 Å². The number of hydrogen-bond acceptors (Lipinski definition) is 2. The van der Waals surface area contributed by atoms with Gasteiger partial charge in [0.05, 0.1) is 17.6 Å². The highest BCUT2D eigenvalue weighted by Crippen LogP contribution is 2.32. The Labute approximate surface area is 96.9 Å². The van der Waals surface area contributed by atoms with E-state index in [-0.39, 0.29) is 12.8 Å².